The predicted octanol–water partition coefficient (Wildman–Crippen LogP) is 0.994. The number of fused-ring (bicyclic) bond motifs is 2. The summed E-state index contributed by atoms with van der Waals surface area (Å²) >= 11 is 0. The number of ether oxygens (including phenoxy) is 3. The average Bonchev–Trinajstić information content (AvgIpc) is 2.54. The Balaban J connectivity index is 2.05. The van der Waals surface area contributed by atoms with Gasteiger partial charge in [-0.2, -0.15) is 0 Å². The van der Waals surface area contributed by atoms with Crippen LogP contribution < -0.4 is 4.74 Å². The molecule has 3 aliphatic rings. The van der Waals surface area contributed by atoms with Gasteiger partial charge in [0.15, 0.2) is 17.3 Å². The Kier molecular flexibility index (Phi) is 3.07. The summed E-state index contributed by atoms with van der Waals surface area (Å²) in [7, 11) is 3.01. The average molecular weight is 330 g/mol. The number of carbonyl (C=O) groups excluding carboxylic acids is 1. The molecule has 1 aromatic carbocycles. The maximum absolute atomic E-state index is 11.8. The number of aromatic hydroxyl groups is 1. The minimum Gasteiger partial charge on any atom is -0.504 e. The number of hydrogen-bond acceptors (Lipinski definition) is 6. The van der Waals surface area contributed by atoms with Gasteiger partial charge < -0.3 is 24.4 Å². The van der Waals surface area contributed by atoms with E-state index in [1.165, 1.54) is 26.4 Å². The van der Waals surface area contributed by atoms with E-state index in [1.807, 2.05) is 0 Å². The highest BCUT2D eigenvalue weighted by Gasteiger charge is 2.62. The molecule has 2 N–H and O–H groups in total. The van der Waals surface area contributed by atoms with Crippen LogP contribution in [0.3, 0.4) is 0 Å². The van der Waals surface area contributed by atoms with Crippen LogP contribution in [-0.4, -0.2) is 48.5 Å². The number of ketones is 1. The minimum absolute atomic E-state index is 0.00695. The number of phenolic OH excluding ortho intramolecular Hbond substituents is 1. The second-order valence-corrected chi connectivity index (χ2v) is 6.48. The van der Waals surface area contributed by atoms with Gasteiger partial charge in [-0.05, 0) is 29.3 Å². The van der Waals surface area contributed by atoms with Gasteiger partial charge in [-0.25, -0.2) is 0 Å². The van der Waals surface area contributed by atoms with Gasteiger partial charge in [-0.15, -0.1) is 0 Å². The van der Waals surface area contributed by atoms with E-state index in [0.29, 0.717) is 11.5 Å². The summed E-state index contributed by atoms with van der Waals surface area (Å²) in [5.74, 6) is 0.597. The molecule has 1 fully saturated rings. The first kappa shape index (κ1) is 15.2. The molecule has 1 heterocycles. The highest BCUT2D eigenvalue weighted by Crippen LogP contribution is 2.55. The van der Waals surface area contributed by atoms with E-state index in [2.05, 4.69) is 0 Å². The van der Waals surface area contributed by atoms with Crippen LogP contribution in [0.2, 0.25) is 0 Å². The Labute approximate surface area is 139 Å². The number of hydrogen-bond donors (Lipinski definition) is 2. The predicted molar refractivity (Wildman–Crippen MR) is 84.0 cm³/mol. The first-order valence-corrected chi connectivity index (χ1v) is 7.68. The molecule has 2 bridgehead atoms. The van der Waals surface area contributed by atoms with Gasteiger partial charge in [0, 0.05) is 19.6 Å². The first-order valence-electron chi connectivity index (χ1n) is 7.68. The fourth-order valence-electron chi connectivity index (χ4n) is 4.22. The smallest absolute Gasteiger partial charge is 0.181 e. The number of phenols is 1. The molecule has 0 radical (unpaired) electrons. The molecule has 126 valence electrons. The van der Waals surface area contributed by atoms with Crippen molar-refractivity contribution in [2.45, 2.75) is 23.5 Å². The zero-order chi connectivity index (χ0) is 17.1. The summed E-state index contributed by atoms with van der Waals surface area (Å²) in [4.78, 5) is 11.8. The first-order chi connectivity index (χ1) is 11.4. The van der Waals surface area contributed by atoms with Crippen molar-refractivity contribution in [1.82, 2.24) is 0 Å². The number of benzene rings is 1. The van der Waals surface area contributed by atoms with E-state index < -0.39 is 17.1 Å². The molecule has 1 aromatic rings. The highest BCUT2D eigenvalue weighted by molar-refractivity contribution is 6.01. The molecule has 2 aliphatic carbocycles. The third kappa shape index (κ3) is 1.75. The summed E-state index contributed by atoms with van der Waals surface area (Å²) in [5, 5.41) is 21.2. The highest BCUT2D eigenvalue weighted by atomic mass is 16.5. The Morgan fingerprint density at radius 3 is 2.83 bits per heavy atom. The van der Waals surface area contributed by atoms with Crippen LogP contribution in [0.4, 0.5) is 0 Å². The normalized spacial score (nSPS) is 33.2. The quantitative estimate of drug-likeness (QED) is 0.841. The molecule has 0 amide bonds. The molecule has 0 unspecified atom stereocenters. The van der Waals surface area contributed by atoms with Gasteiger partial charge in [0.05, 0.1) is 7.11 Å². The maximum Gasteiger partial charge on any atom is 0.181 e. The summed E-state index contributed by atoms with van der Waals surface area (Å²) in [6, 6.07) is 3.32. The monoisotopic (exact) mass is 330 g/mol. The third-order valence-corrected chi connectivity index (χ3v) is 5.15. The van der Waals surface area contributed by atoms with Crippen LogP contribution in [0.15, 0.2) is 36.1 Å². The lowest BCUT2D eigenvalue weighted by Gasteiger charge is -2.55. The molecule has 3 atom stereocenters. The molecule has 6 nitrogen and oxygen atoms in total. The molecule has 1 spiro atoms. The molecule has 0 aromatic heterocycles. The van der Waals surface area contributed by atoms with E-state index >= 15 is 0 Å². The van der Waals surface area contributed by atoms with Gasteiger partial charge >= 0.3 is 0 Å². The lowest BCUT2D eigenvalue weighted by molar-refractivity contribution is -0.182. The van der Waals surface area contributed by atoms with Gasteiger partial charge in [-0.3, -0.25) is 4.79 Å². The minimum atomic E-state index is -1.26. The summed E-state index contributed by atoms with van der Waals surface area (Å²) in [5.41, 5.74) is -0.615. The van der Waals surface area contributed by atoms with Crippen molar-refractivity contribution in [1.29, 1.82) is 0 Å². The van der Waals surface area contributed by atoms with Crippen molar-refractivity contribution >= 4 is 5.78 Å². The van der Waals surface area contributed by atoms with Crippen molar-refractivity contribution in [2.75, 3.05) is 20.8 Å². The number of methoxy groups -OCH3 is 2. The Hall–Kier alpha value is -2.31. The van der Waals surface area contributed by atoms with Gasteiger partial charge in [0.2, 0.25) is 0 Å². The number of aliphatic hydroxyl groups is 1. The topological polar surface area (TPSA) is 85.2 Å². The van der Waals surface area contributed by atoms with Crippen molar-refractivity contribution in [3.05, 3.63) is 47.2 Å². The molecular formula is C18H18O6. The standard InChI is InChI=1S/C18H18O6/c1-22-14-7-12-10(5-13(14)20)8-17(21)9-24-15-6-11(19)3-4-18(12,15)16(17)23-2/h3-7,16,20-21H,8-9H2,1-2H3/t16-,17+,18+/m0/s1. The Morgan fingerprint density at radius 1 is 1.33 bits per heavy atom. The molecule has 1 saturated heterocycles. The molecule has 0 saturated carbocycles. The van der Waals surface area contributed by atoms with Crippen LogP contribution in [-0.2, 0) is 26.1 Å². The van der Waals surface area contributed by atoms with E-state index in [9.17, 15) is 15.0 Å². The van der Waals surface area contributed by atoms with Gasteiger partial charge in [-0.1, -0.05) is 6.08 Å². The third-order valence-electron chi connectivity index (χ3n) is 5.15. The van der Waals surface area contributed by atoms with E-state index in [-0.39, 0.29) is 24.6 Å². The van der Waals surface area contributed by atoms with Crippen LogP contribution in [0.1, 0.15) is 11.1 Å². The van der Waals surface area contributed by atoms with Crippen LogP contribution in [0.25, 0.3) is 0 Å². The Bertz CT molecular complexity index is 795. The number of allylic oxidation sites excluding steroid dienone is 2. The fourth-order valence-corrected chi connectivity index (χ4v) is 4.22. The summed E-state index contributed by atoms with van der Waals surface area (Å²) in [6.45, 7) is 0.0203. The molecular weight excluding hydrogens is 312 g/mol. The zero-order valence-corrected chi connectivity index (χ0v) is 13.4. The van der Waals surface area contributed by atoms with Crippen molar-refractivity contribution in [3.63, 3.8) is 0 Å². The summed E-state index contributed by atoms with van der Waals surface area (Å²) < 4.78 is 16.7. The number of rotatable bonds is 2. The summed E-state index contributed by atoms with van der Waals surface area (Å²) in [6.07, 6.45) is 4.27. The molecule has 6 heteroatoms. The Morgan fingerprint density at radius 2 is 2.12 bits per heavy atom. The zero-order valence-electron chi connectivity index (χ0n) is 13.4. The van der Waals surface area contributed by atoms with Crippen molar-refractivity contribution in [2.24, 2.45) is 0 Å². The fraction of sp³-hybridized carbons (Fsp3) is 0.389. The molecule has 1 aliphatic heterocycles. The van der Waals surface area contributed by atoms with Crippen molar-refractivity contribution in [3.8, 4) is 11.5 Å². The van der Waals surface area contributed by atoms with Gasteiger partial charge in [0.25, 0.3) is 0 Å². The van der Waals surface area contributed by atoms with E-state index in [4.69, 9.17) is 14.2 Å². The van der Waals surface area contributed by atoms with E-state index in [0.717, 1.165) is 11.1 Å². The van der Waals surface area contributed by atoms with Crippen LogP contribution in [0, 0.1) is 0 Å². The molecule has 24 heavy (non-hydrogen) atoms. The van der Waals surface area contributed by atoms with Crippen molar-refractivity contribution < 1.29 is 29.2 Å². The second-order valence-electron chi connectivity index (χ2n) is 6.48. The molecule has 4 rings (SSSR count). The SMILES string of the molecule is COc1cc2c(cc1O)C[C@@]1(O)COC3=CC(=O)C=C[C@]32[C@H]1OC. The largest absolute Gasteiger partial charge is 0.504 e. The number of carbonyl (C=O) groups is 1. The van der Waals surface area contributed by atoms with Gasteiger partial charge in [0.1, 0.15) is 29.5 Å². The maximum atomic E-state index is 11.8. The van der Waals surface area contributed by atoms with Crippen LogP contribution in [0.5, 0.6) is 11.5 Å². The van der Waals surface area contributed by atoms with Crippen LogP contribution >= 0.6 is 0 Å². The lowest BCUT2D eigenvalue weighted by atomic mass is 9.58. The lowest BCUT2D eigenvalue weighted by Crippen LogP contribution is -2.66. The van der Waals surface area contributed by atoms with E-state index in [1.54, 1.807) is 18.2 Å². The second kappa shape index (κ2) is 4.84.